The van der Waals surface area contributed by atoms with E-state index in [1.165, 1.54) is 89.9 Å². The van der Waals surface area contributed by atoms with Crippen LogP contribution < -0.4 is 0 Å². The lowest BCUT2D eigenvalue weighted by Gasteiger charge is -2.03. The fraction of sp³-hybridized carbons (Fsp3) is 0.850. The van der Waals surface area contributed by atoms with Crippen molar-refractivity contribution in [2.75, 3.05) is 0 Å². The Labute approximate surface area is 138 Å². The number of unbranched alkanes of at least 4 members (excludes halogenated alkanes) is 15. The van der Waals surface area contributed by atoms with E-state index in [0.29, 0.717) is 6.42 Å². The van der Waals surface area contributed by atoms with Crippen molar-refractivity contribution in [1.29, 1.82) is 0 Å². The van der Waals surface area contributed by atoms with E-state index in [9.17, 15) is 4.79 Å². The first-order chi connectivity index (χ1) is 10.8. The molecule has 0 aromatic heterocycles. The van der Waals surface area contributed by atoms with Crippen LogP contribution in [0.15, 0.2) is 12.7 Å². The minimum absolute atomic E-state index is 0.342. The molecule has 0 aliphatic carbocycles. The Kier molecular flexibility index (Phi) is 17.6. The summed E-state index contributed by atoms with van der Waals surface area (Å²) in [4.78, 5) is 10.4. The maximum Gasteiger partial charge on any atom is 0.303 e. The maximum atomic E-state index is 10.4. The fourth-order valence-corrected chi connectivity index (χ4v) is 2.86. The van der Waals surface area contributed by atoms with Crippen LogP contribution in [-0.2, 0) is 4.79 Å². The molecule has 2 heteroatoms. The number of aliphatic carboxylic acids is 1. The van der Waals surface area contributed by atoms with Gasteiger partial charge in [-0.25, -0.2) is 0 Å². The van der Waals surface area contributed by atoms with E-state index in [2.05, 4.69) is 6.58 Å². The van der Waals surface area contributed by atoms with Gasteiger partial charge in [-0.05, 0) is 19.3 Å². The molecule has 0 radical (unpaired) electrons. The van der Waals surface area contributed by atoms with Crippen molar-refractivity contribution in [3.8, 4) is 0 Å². The summed E-state index contributed by atoms with van der Waals surface area (Å²) in [5.41, 5.74) is 0. The van der Waals surface area contributed by atoms with Gasteiger partial charge in [0, 0.05) is 6.42 Å². The summed E-state index contributed by atoms with van der Waals surface area (Å²) in [5, 5.41) is 8.54. The Morgan fingerprint density at radius 1 is 0.636 bits per heavy atom. The lowest BCUT2D eigenvalue weighted by Crippen LogP contribution is -1.93. The first-order valence-electron chi connectivity index (χ1n) is 9.60. The van der Waals surface area contributed by atoms with E-state index in [1.54, 1.807) is 0 Å². The van der Waals surface area contributed by atoms with Crippen LogP contribution in [-0.4, -0.2) is 11.1 Å². The van der Waals surface area contributed by atoms with E-state index in [0.717, 1.165) is 12.8 Å². The van der Waals surface area contributed by atoms with Gasteiger partial charge in [-0.15, -0.1) is 6.58 Å². The van der Waals surface area contributed by atoms with Crippen LogP contribution in [0.4, 0.5) is 0 Å². The average molecular weight is 311 g/mol. The summed E-state index contributed by atoms with van der Waals surface area (Å²) in [6, 6.07) is 0. The topological polar surface area (TPSA) is 37.3 Å². The predicted octanol–water partition coefficient (Wildman–Crippen LogP) is 6.89. The zero-order valence-corrected chi connectivity index (χ0v) is 14.7. The van der Waals surface area contributed by atoms with Crippen molar-refractivity contribution in [2.24, 2.45) is 0 Å². The number of carboxylic acids is 1. The highest BCUT2D eigenvalue weighted by Gasteiger charge is 1.97. The van der Waals surface area contributed by atoms with Gasteiger partial charge in [0.05, 0.1) is 0 Å². The van der Waals surface area contributed by atoms with Crippen molar-refractivity contribution in [1.82, 2.24) is 0 Å². The Hall–Kier alpha value is -0.790. The molecule has 0 saturated carbocycles. The molecular formula is C20H38O2. The highest BCUT2D eigenvalue weighted by molar-refractivity contribution is 5.66. The van der Waals surface area contributed by atoms with Gasteiger partial charge >= 0.3 is 5.97 Å². The van der Waals surface area contributed by atoms with E-state index in [1.807, 2.05) is 6.08 Å². The summed E-state index contributed by atoms with van der Waals surface area (Å²) in [5.74, 6) is -0.656. The molecule has 2 nitrogen and oxygen atoms in total. The van der Waals surface area contributed by atoms with Crippen LogP contribution in [0.5, 0.6) is 0 Å². The quantitative estimate of drug-likeness (QED) is 0.221. The van der Waals surface area contributed by atoms with Crippen LogP contribution in [0.3, 0.4) is 0 Å². The lowest BCUT2D eigenvalue weighted by atomic mass is 10.0. The Bertz CT molecular complexity index is 248. The molecule has 0 bridgehead atoms. The second kappa shape index (κ2) is 18.3. The molecule has 0 spiro atoms. The van der Waals surface area contributed by atoms with E-state index >= 15 is 0 Å². The fourth-order valence-electron chi connectivity index (χ4n) is 2.86. The minimum Gasteiger partial charge on any atom is -0.481 e. The molecule has 0 heterocycles. The highest BCUT2D eigenvalue weighted by atomic mass is 16.4. The summed E-state index contributed by atoms with van der Waals surface area (Å²) >= 11 is 0. The number of rotatable bonds is 18. The number of hydrogen-bond donors (Lipinski definition) is 1. The second-order valence-corrected chi connectivity index (χ2v) is 6.52. The summed E-state index contributed by atoms with van der Waals surface area (Å²) < 4.78 is 0. The van der Waals surface area contributed by atoms with Crippen molar-refractivity contribution >= 4 is 5.97 Å². The number of carboxylic acid groups (broad SMARTS) is 1. The average Bonchev–Trinajstić information content (AvgIpc) is 2.50. The van der Waals surface area contributed by atoms with Gasteiger partial charge in [0.25, 0.3) is 0 Å². The van der Waals surface area contributed by atoms with Crippen LogP contribution >= 0.6 is 0 Å². The number of carbonyl (C=O) groups is 1. The lowest BCUT2D eigenvalue weighted by molar-refractivity contribution is -0.137. The Morgan fingerprint density at radius 2 is 0.955 bits per heavy atom. The van der Waals surface area contributed by atoms with Crippen LogP contribution in [0.1, 0.15) is 109 Å². The molecule has 0 fully saturated rings. The Balaban J connectivity index is 2.97. The predicted molar refractivity (Wildman–Crippen MR) is 96.3 cm³/mol. The minimum atomic E-state index is -0.656. The molecule has 0 unspecified atom stereocenters. The molecule has 0 aliphatic rings. The van der Waals surface area contributed by atoms with Gasteiger partial charge in [0.15, 0.2) is 0 Å². The third-order valence-electron chi connectivity index (χ3n) is 4.30. The maximum absolute atomic E-state index is 10.4. The molecule has 0 aromatic carbocycles. The molecule has 0 atom stereocenters. The van der Waals surface area contributed by atoms with Crippen molar-refractivity contribution in [3.05, 3.63) is 12.7 Å². The normalized spacial score (nSPS) is 10.7. The van der Waals surface area contributed by atoms with Crippen molar-refractivity contribution in [2.45, 2.75) is 109 Å². The zero-order chi connectivity index (χ0) is 16.3. The third-order valence-corrected chi connectivity index (χ3v) is 4.30. The van der Waals surface area contributed by atoms with E-state index in [4.69, 9.17) is 5.11 Å². The van der Waals surface area contributed by atoms with Gasteiger partial charge < -0.3 is 5.11 Å². The van der Waals surface area contributed by atoms with Gasteiger partial charge in [0.1, 0.15) is 0 Å². The molecule has 130 valence electrons. The molecule has 0 aliphatic heterocycles. The Morgan fingerprint density at radius 3 is 1.27 bits per heavy atom. The van der Waals surface area contributed by atoms with E-state index < -0.39 is 5.97 Å². The molecule has 0 amide bonds. The number of allylic oxidation sites excluding steroid dienone is 1. The first kappa shape index (κ1) is 21.2. The second-order valence-electron chi connectivity index (χ2n) is 6.52. The molecule has 0 aromatic rings. The smallest absolute Gasteiger partial charge is 0.303 e. The summed E-state index contributed by atoms with van der Waals surface area (Å²) in [6.45, 7) is 3.75. The molecular weight excluding hydrogens is 272 g/mol. The monoisotopic (exact) mass is 310 g/mol. The largest absolute Gasteiger partial charge is 0.481 e. The SMILES string of the molecule is C=CCCCCCCCCCCCCCCCCCC(=O)O. The van der Waals surface area contributed by atoms with Gasteiger partial charge in [-0.2, -0.15) is 0 Å². The molecule has 22 heavy (non-hydrogen) atoms. The molecule has 0 rings (SSSR count). The van der Waals surface area contributed by atoms with Crippen molar-refractivity contribution in [3.63, 3.8) is 0 Å². The highest BCUT2D eigenvalue weighted by Crippen LogP contribution is 2.14. The first-order valence-corrected chi connectivity index (χ1v) is 9.60. The van der Waals surface area contributed by atoms with Gasteiger partial charge in [-0.3, -0.25) is 4.79 Å². The standard InChI is InChI=1S/C20H38O2/c1-2-3-4-5-6-7-8-9-10-11-12-13-14-15-16-17-18-19-20(21)22/h2H,1,3-19H2,(H,21,22). The zero-order valence-electron chi connectivity index (χ0n) is 14.7. The summed E-state index contributed by atoms with van der Waals surface area (Å²) in [7, 11) is 0. The van der Waals surface area contributed by atoms with Crippen LogP contribution in [0.25, 0.3) is 0 Å². The third kappa shape index (κ3) is 19.2. The van der Waals surface area contributed by atoms with Crippen molar-refractivity contribution < 1.29 is 9.90 Å². The van der Waals surface area contributed by atoms with E-state index in [-0.39, 0.29) is 0 Å². The molecule has 0 saturated heterocycles. The van der Waals surface area contributed by atoms with Crippen LogP contribution in [0.2, 0.25) is 0 Å². The summed E-state index contributed by atoms with van der Waals surface area (Å²) in [6.07, 6.45) is 23.2. The van der Waals surface area contributed by atoms with Crippen LogP contribution in [0, 0.1) is 0 Å². The number of hydrogen-bond acceptors (Lipinski definition) is 1. The molecule has 1 N–H and O–H groups in total. The van der Waals surface area contributed by atoms with Gasteiger partial charge in [-0.1, -0.05) is 89.5 Å². The van der Waals surface area contributed by atoms with Gasteiger partial charge in [0.2, 0.25) is 0 Å².